The molecule has 0 radical (unpaired) electrons. The molecule has 0 spiro atoms. The molecule has 3 nitrogen and oxygen atoms in total. The number of aromatic amines is 1. The van der Waals surface area contributed by atoms with Gasteiger partial charge in [-0.25, -0.2) is 0 Å². The lowest BCUT2D eigenvalue weighted by molar-refractivity contribution is 0.758. The molecule has 2 aromatic carbocycles. The molecule has 0 amide bonds. The van der Waals surface area contributed by atoms with Crippen LogP contribution in [0.5, 0.6) is 0 Å². The van der Waals surface area contributed by atoms with Gasteiger partial charge in [0.15, 0.2) is 0 Å². The molecule has 1 aromatic heterocycles. The smallest absolute Gasteiger partial charge is 0.0363 e. The molecular formula is C20H23N3. The number of hydrogen-bond donors (Lipinski definition) is 3. The molecule has 0 saturated heterocycles. The van der Waals surface area contributed by atoms with E-state index in [0.717, 1.165) is 11.4 Å². The Labute approximate surface area is 137 Å². The summed E-state index contributed by atoms with van der Waals surface area (Å²) in [6.45, 7) is 1.14. The number of H-pyrrole nitrogens is 1. The second kappa shape index (κ2) is 7.27. The summed E-state index contributed by atoms with van der Waals surface area (Å²) in [4.78, 5) is 3.55. The van der Waals surface area contributed by atoms with E-state index in [0.29, 0.717) is 13.1 Å². The Kier molecular flexibility index (Phi) is 4.91. The zero-order valence-electron chi connectivity index (χ0n) is 13.2. The van der Waals surface area contributed by atoms with Crippen molar-refractivity contribution in [3.63, 3.8) is 0 Å². The summed E-state index contributed by atoms with van der Waals surface area (Å²) in [7, 11) is 0. The first kappa shape index (κ1) is 15.5. The molecule has 0 aliphatic heterocycles. The van der Waals surface area contributed by atoms with Crippen molar-refractivity contribution in [2.45, 2.75) is 11.8 Å². The Morgan fingerprint density at radius 3 is 1.35 bits per heavy atom. The second-order valence-electron chi connectivity index (χ2n) is 5.77. The second-order valence-corrected chi connectivity index (χ2v) is 5.77. The summed E-state index contributed by atoms with van der Waals surface area (Å²) in [5, 5.41) is 0. The molecule has 3 aromatic rings. The van der Waals surface area contributed by atoms with Crippen molar-refractivity contribution in [2.75, 3.05) is 13.1 Å². The highest BCUT2D eigenvalue weighted by Gasteiger charge is 2.18. The van der Waals surface area contributed by atoms with Gasteiger partial charge >= 0.3 is 0 Å². The van der Waals surface area contributed by atoms with E-state index >= 15 is 0 Å². The Balaban J connectivity index is 1.90. The van der Waals surface area contributed by atoms with Crippen LogP contribution in [0.4, 0.5) is 0 Å². The first-order valence-corrected chi connectivity index (χ1v) is 8.02. The zero-order valence-corrected chi connectivity index (χ0v) is 13.2. The summed E-state index contributed by atoms with van der Waals surface area (Å²) in [5.74, 6) is 0.360. The lowest BCUT2D eigenvalue weighted by atomic mass is 9.96. The van der Waals surface area contributed by atoms with Crippen LogP contribution in [-0.4, -0.2) is 18.1 Å². The molecular weight excluding hydrogens is 282 g/mol. The van der Waals surface area contributed by atoms with Gasteiger partial charge in [-0.15, -0.1) is 0 Å². The van der Waals surface area contributed by atoms with Gasteiger partial charge in [0.25, 0.3) is 0 Å². The number of rotatable bonds is 6. The first-order valence-electron chi connectivity index (χ1n) is 8.02. The largest absolute Gasteiger partial charge is 0.361 e. The van der Waals surface area contributed by atoms with Crippen LogP contribution < -0.4 is 11.5 Å². The molecule has 0 aliphatic rings. The van der Waals surface area contributed by atoms with E-state index in [1.165, 1.54) is 11.1 Å². The fraction of sp³-hybridized carbons (Fsp3) is 0.200. The van der Waals surface area contributed by atoms with Crippen molar-refractivity contribution in [1.29, 1.82) is 0 Å². The predicted octanol–water partition coefficient (Wildman–Crippen LogP) is 3.20. The molecule has 2 atom stereocenters. The average molecular weight is 305 g/mol. The SMILES string of the molecule is NCC(c1ccccc1)c1ccc(C(CN)c2ccccc2)[nH]1. The van der Waals surface area contributed by atoms with Crippen LogP contribution >= 0.6 is 0 Å². The third-order valence-electron chi connectivity index (χ3n) is 4.36. The van der Waals surface area contributed by atoms with Crippen LogP contribution in [0.1, 0.15) is 34.4 Å². The van der Waals surface area contributed by atoms with Crippen molar-refractivity contribution in [3.05, 3.63) is 95.3 Å². The highest BCUT2D eigenvalue weighted by Crippen LogP contribution is 2.27. The fourth-order valence-electron chi connectivity index (χ4n) is 3.09. The molecule has 0 saturated carbocycles. The van der Waals surface area contributed by atoms with Gasteiger partial charge in [0.1, 0.15) is 0 Å². The van der Waals surface area contributed by atoms with Gasteiger partial charge in [-0.1, -0.05) is 60.7 Å². The molecule has 0 fully saturated rings. The minimum atomic E-state index is 0.180. The molecule has 0 bridgehead atoms. The lowest BCUT2D eigenvalue weighted by Gasteiger charge is -2.16. The Morgan fingerprint density at radius 1 is 0.609 bits per heavy atom. The lowest BCUT2D eigenvalue weighted by Crippen LogP contribution is -2.16. The van der Waals surface area contributed by atoms with Gasteiger partial charge in [-0.3, -0.25) is 0 Å². The number of aromatic nitrogens is 1. The summed E-state index contributed by atoms with van der Waals surface area (Å²) in [6.07, 6.45) is 0. The molecule has 23 heavy (non-hydrogen) atoms. The van der Waals surface area contributed by atoms with Crippen molar-refractivity contribution in [3.8, 4) is 0 Å². The van der Waals surface area contributed by atoms with Gasteiger partial charge in [0.05, 0.1) is 0 Å². The Morgan fingerprint density at radius 2 is 1.00 bits per heavy atom. The number of nitrogens with two attached hydrogens (primary N) is 2. The Bertz CT molecular complexity index is 657. The summed E-state index contributed by atoms with van der Waals surface area (Å²) in [5.41, 5.74) is 16.8. The van der Waals surface area contributed by atoms with Crippen molar-refractivity contribution >= 4 is 0 Å². The maximum Gasteiger partial charge on any atom is 0.0363 e. The first-order chi connectivity index (χ1) is 11.3. The van der Waals surface area contributed by atoms with Crippen LogP contribution in [0.3, 0.4) is 0 Å². The molecule has 3 heteroatoms. The molecule has 3 rings (SSSR count). The highest BCUT2D eigenvalue weighted by atomic mass is 14.8. The normalized spacial score (nSPS) is 13.7. The molecule has 5 N–H and O–H groups in total. The Hall–Kier alpha value is -2.36. The zero-order chi connectivity index (χ0) is 16.1. The molecule has 1 heterocycles. The average Bonchev–Trinajstić information content (AvgIpc) is 3.08. The van der Waals surface area contributed by atoms with E-state index in [-0.39, 0.29) is 11.8 Å². The quantitative estimate of drug-likeness (QED) is 0.654. The minimum Gasteiger partial charge on any atom is -0.361 e. The van der Waals surface area contributed by atoms with Crippen molar-refractivity contribution in [1.82, 2.24) is 4.98 Å². The van der Waals surface area contributed by atoms with E-state index < -0.39 is 0 Å². The van der Waals surface area contributed by atoms with Gasteiger partial charge in [-0.05, 0) is 23.3 Å². The number of hydrogen-bond acceptors (Lipinski definition) is 2. The topological polar surface area (TPSA) is 67.8 Å². The van der Waals surface area contributed by atoms with Crippen LogP contribution in [0.2, 0.25) is 0 Å². The maximum absolute atomic E-state index is 6.02. The van der Waals surface area contributed by atoms with Gasteiger partial charge < -0.3 is 16.5 Å². The minimum absolute atomic E-state index is 0.180. The van der Waals surface area contributed by atoms with Crippen LogP contribution in [0.15, 0.2) is 72.8 Å². The van der Waals surface area contributed by atoms with Crippen molar-refractivity contribution in [2.24, 2.45) is 11.5 Å². The summed E-state index contributed by atoms with van der Waals surface area (Å²) >= 11 is 0. The maximum atomic E-state index is 6.02. The summed E-state index contributed by atoms with van der Waals surface area (Å²) in [6, 6.07) is 25.0. The van der Waals surface area contributed by atoms with Crippen LogP contribution in [0.25, 0.3) is 0 Å². The summed E-state index contributed by atoms with van der Waals surface area (Å²) < 4.78 is 0. The highest BCUT2D eigenvalue weighted by molar-refractivity contribution is 5.35. The number of nitrogens with one attached hydrogen (secondary N) is 1. The van der Waals surface area contributed by atoms with Gasteiger partial charge in [-0.2, -0.15) is 0 Å². The van der Waals surface area contributed by atoms with E-state index in [1.54, 1.807) is 0 Å². The van der Waals surface area contributed by atoms with E-state index in [2.05, 4.69) is 65.6 Å². The van der Waals surface area contributed by atoms with Crippen LogP contribution in [0, 0.1) is 0 Å². The predicted molar refractivity (Wildman–Crippen MR) is 95.5 cm³/mol. The molecule has 118 valence electrons. The number of benzene rings is 2. The molecule has 2 unspecified atom stereocenters. The van der Waals surface area contributed by atoms with Gasteiger partial charge in [0, 0.05) is 36.3 Å². The standard InChI is InChI=1S/C20H23N3/c21-13-17(15-7-3-1-4-8-15)19-11-12-20(23-19)18(14-22)16-9-5-2-6-10-16/h1-12,17-18,23H,13-14,21-22H2. The van der Waals surface area contributed by atoms with Gasteiger partial charge in [0.2, 0.25) is 0 Å². The van der Waals surface area contributed by atoms with Crippen LogP contribution in [-0.2, 0) is 0 Å². The third kappa shape index (κ3) is 3.36. The van der Waals surface area contributed by atoms with E-state index in [9.17, 15) is 0 Å². The van der Waals surface area contributed by atoms with E-state index in [1.807, 2.05) is 12.1 Å². The molecule has 0 aliphatic carbocycles. The third-order valence-corrected chi connectivity index (χ3v) is 4.36. The van der Waals surface area contributed by atoms with Crippen molar-refractivity contribution < 1.29 is 0 Å². The monoisotopic (exact) mass is 305 g/mol. The fourth-order valence-corrected chi connectivity index (χ4v) is 3.09. The van der Waals surface area contributed by atoms with E-state index in [4.69, 9.17) is 11.5 Å².